The molecule has 0 unspecified atom stereocenters. The molecule has 0 atom stereocenters. The van der Waals surface area contributed by atoms with Crippen LogP contribution >= 0.6 is 0 Å². The van der Waals surface area contributed by atoms with E-state index in [9.17, 15) is 9.90 Å². The van der Waals surface area contributed by atoms with E-state index < -0.39 is 0 Å². The molecule has 1 N–H and O–H groups in total. The summed E-state index contributed by atoms with van der Waals surface area (Å²) < 4.78 is 4.97. The van der Waals surface area contributed by atoms with Crippen LogP contribution in [-0.4, -0.2) is 18.2 Å². The Labute approximate surface area is 102 Å². The molecule has 2 aliphatic rings. The highest BCUT2D eigenvalue weighted by Crippen LogP contribution is 2.45. The van der Waals surface area contributed by atoms with Gasteiger partial charge in [0, 0.05) is 6.42 Å². The molecule has 0 aliphatic heterocycles. The molecular weight excluding hydrogens is 216 g/mol. The standard InChI is InChI=1S/C14H20O3/c1-17-13(16)14(8-2-3-9-14)10-11-4-6-12(15)7-5-11/h4,6,15H,2-3,5,7-10H2,1H3. The van der Waals surface area contributed by atoms with Crippen LogP contribution < -0.4 is 0 Å². The lowest BCUT2D eigenvalue weighted by Gasteiger charge is -2.27. The monoisotopic (exact) mass is 236 g/mol. The van der Waals surface area contributed by atoms with Gasteiger partial charge in [0.2, 0.25) is 0 Å². The maximum Gasteiger partial charge on any atom is 0.312 e. The number of hydrogen-bond acceptors (Lipinski definition) is 3. The van der Waals surface area contributed by atoms with E-state index in [1.54, 1.807) is 6.08 Å². The van der Waals surface area contributed by atoms with E-state index in [2.05, 4.69) is 0 Å². The van der Waals surface area contributed by atoms with Gasteiger partial charge in [-0.05, 0) is 31.8 Å². The summed E-state index contributed by atoms with van der Waals surface area (Å²) in [6, 6.07) is 0. The molecule has 3 heteroatoms. The normalized spacial score (nSPS) is 22.9. The molecule has 0 aromatic rings. The topological polar surface area (TPSA) is 46.5 Å². The van der Waals surface area contributed by atoms with E-state index in [0.717, 1.165) is 38.5 Å². The lowest BCUT2D eigenvalue weighted by Crippen LogP contribution is -2.30. The van der Waals surface area contributed by atoms with Crippen LogP contribution in [0.3, 0.4) is 0 Å². The summed E-state index contributed by atoms with van der Waals surface area (Å²) in [4.78, 5) is 12.0. The third-order valence-electron chi connectivity index (χ3n) is 3.96. The molecule has 94 valence electrons. The van der Waals surface area contributed by atoms with E-state index in [4.69, 9.17) is 4.74 Å². The zero-order valence-corrected chi connectivity index (χ0v) is 10.4. The minimum absolute atomic E-state index is 0.0605. The highest BCUT2D eigenvalue weighted by Gasteiger charge is 2.42. The van der Waals surface area contributed by atoms with Crippen LogP contribution in [0.1, 0.15) is 44.9 Å². The van der Waals surface area contributed by atoms with Crippen LogP contribution in [0.5, 0.6) is 0 Å². The van der Waals surface area contributed by atoms with Crippen LogP contribution in [0.4, 0.5) is 0 Å². The van der Waals surface area contributed by atoms with Crippen LogP contribution in [-0.2, 0) is 9.53 Å². The summed E-state index contributed by atoms with van der Waals surface area (Å²) in [6.07, 6.45) is 10.2. The molecule has 0 heterocycles. The summed E-state index contributed by atoms with van der Waals surface area (Å²) in [5, 5.41) is 9.33. The van der Waals surface area contributed by atoms with Gasteiger partial charge in [-0.25, -0.2) is 0 Å². The number of hydrogen-bond donors (Lipinski definition) is 1. The molecule has 0 saturated heterocycles. The molecule has 1 fully saturated rings. The Morgan fingerprint density at radius 1 is 1.35 bits per heavy atom. The Kier molecular flexibility index (Phi) is 3.55. The molecule has 1 saturated carbocycles. The van der Waals surface area contributed by atoms with E-state index in [1.165, 1.54) is 12.7 Å². The molecule has 17 heavy (non-hydrogen) atoms. The van der Waals surface area contributed by atoms with Crippen LogP contribution in [0, 0.1) is 5.41 Å². The number of aliphatic hydroxyl groups is 1. The fraction of sp³-hybridized carbons (Fsp3) is 0.643. The number of aliphatic hydroxyl groups excluding tert-OH is 1. The zero-order chi connectivity index (χ0) is 12.3. The van der Waals surface area contributed by atoms with Gasteiger partial charge in [0.1, 0.15) is 0 Å². The maximum absolute atomic E-state index is 12.0. The maximum atomic E-state index is 12.0. The molecule has 0 spiro atoms. The SMILES string of the molecule is COC(=O)C1(CC2=CC=C(O)CC2)CCCC1. The predicted octanol–water partition coefficient (Wildman–Crippen LogP) is 3.27. The minimum atomic E-state index is -0.290. The van der Waals surface area contributed by atoms with Crippen molar-refractivity contribution in [2.75, 3.05) is 7.11 Å². The Morgan fingerprint density at radius 3 is 2.59 bits per heavy atom. The molecule has 2 rings (SSSR count). The van der Waals surface area contributed by atoms with Gasteiger partial charge >= 0.3 is 5.97 Å². The largest absolute Gasteiger partial charge is 0.512 e. The molecule has 0 bridgehead atoms. The van der Waals surface area contributed by atoms with E-state index >= 15 is 0 Å². The molecule has 0 aromatic heterocycles. The number of carbonyl (C=O) groups excluding carboxylic acids is 1. The number of rotatable bonds is 3. The summed E-state index contributed by atoms with van der Waals surface area (Å²) in [6.45, 7) is 0. The third-order valence-corrected chi connectivity index (χ3v) is 3.96. The van der Waals surface area contributed by atoms with Gasteiger partial charge in [-0.15, -0.1) is 0 Å². The Morgan fingerprint density at radius 2 is 2.06 bits per heavy atom. The summed E-state index contributed by atoms with van der Waals surface area (Å²) in [7, 11) is 1.48. The van der Waals surface area contributed by atoms with Gasteiger partial charge in [0.25, 0.3) is 0 Å². The van der Waals surface area contributed by atoms with Crippen LogP contribution in [0.25, 0.3) is 0 Å². The second kappa shape index (κ2) is 4.94. The van der Waals surface area contributed by atoms with Gasteiger partial charge in [0.15, 0.2) is 0 Å². The molecular formula is C14H20O3. The summed E-state index contributed by atoms with van der Waals surface area (Å²) in [5.41, 5.74) is 0.969. The fourth-order valence-electron chi connectivity index (χ4n) is 2.97. The van der Waals surface area contributed by atoms with Crippen molar-refractivity contribution in [3.8, 4) is 0 Å². The van der Waals surface area contributed by atoms with Crippen LogP contribution in [0.15, 0.2) is 23.5 Å². The van der Waals surface area contributed by atoms with E-state index in [-0.39, 0.29) is 11.4 Å². The number of methoxy groups -OCH3 is 1. The van der Waals surface area contributed by atoms with Gasteiger partial charge in [-0.2, -0.15) is 0 Å². The second-order valence-corrected chi connectivity index (χ2v) is 5.14. The van der Waals surface area contributed by atoms with Crippen molar-refractivity contribution in [1.82, 2.24) is 0 Å². The number of esters is 1. The molecule has 0 aromatic carbocycles. The van der Waals surface area contributed by atoms with Crippen molar-refractivity contribution in [3.63, 3.8) is 0 Å². The van der Waals surface area contributed by atoms with Crippen molar-refractivity contribution in [3.05, 3.63) is 23.5 Å². The smallest absolute Gasteiger partial charge is 0.312 e. The average Bonchev–Trinajstić information content (AvgIpc) is 2.81. The Bertz CT molecular complexity index is 360. The average molecular weight is 236 g/mol. The summed E-state index contributed by atoms with van der Waals surface area (Å²) in [5.74, 6) is 0.377. The Balaban J connectivity index is 2.11. The van der Waals surface area contributed by atoms with Gasteiger partial charge in [0.05, 0.1) is 18.3 Å². The predicted molar refractivity (Wildman–Crippen MR) is 65.6 cm³/mol. The van der Waals surface area contributed by atoms with Crippen molar-refractivity contribution >= 4 is 5.97 Å². The minimum Gasteiger partial charge on any atom is -0.512 e. The highest BCUT2D eigenvalue weighted by molar-refractivity contribution is 5.77. The van der Waals surface area contributed by atoms with E-state index in [0.29, 0.717) is 12.2 Å². The van der Waals surface area contributed by atoms with Gasteiger partial charge in [-0.3, -0.25) is 4.79 Å². The first kappa shape index (κ1) is 12.2. The van der Waals surface area contributed by atoms with Crippen molar-refractivity contribution in [1.29, 1.82) is 0 Å². The first-order chi connectivity index (χ1) is 8.16. The Hall–Kier alpha value is -1.25. The third kappa shape index (κ3) is 2.54. The zero-order valence-electron chi connectivity index (χ0n) is 10.4. The molecule has 0 radical (unpaired) electrons. The second-order valence-electron chi connectivity index (χ2n) is 5.14. The van der Waals surface area contributed by atoms with Crippen molar-refractivity contribution in [2.45, 2.75) is 44.9 Å². The van der Waals surface area contributed by atoms with Gasteiger partial charge < -0.3 is 9.84 Å². The quantitative estimate of drug-likeness (QED) is 0.765. The number of allylic oxidation sites excluding steroid dienone is 4. The van der Waals surface area contributed by atoms with Gasteiger partial charge in [-0.1, -0.05) is 24.5 Å². The van der Waals surface area contributed by atoms with Crippen LogP contribution in [0.2, 0.25) is 0 Å². The highest BCUT2D eigenvalue weighted by atomic mass is 16.5. The molecule has 3 nitrogen and oxygen atoms in total. The number of ether oxygens (including phenoxy) is 1. The lowest BCUT2D eigenvalue weighted by molar-refractivity contribution is -0.152. The van der Waals surface area contributed by atoms with Crippen molar-refractivity contribution < 1.29 is 14.6 Å². The first-order valence-electron chi connectivity index (χ1n) is 6.32. The molecule has 2 aliphatic carbocycles. The lowest BCUT2D eigenvalue weighted by atomic mass is 9.78. The summed E-state index contributed by atoms with van der Waals surface area (Å²) >= 11 is 0. The molecule has 0 amide bonds. The fourth-order valence-corrected chi connectivity index (χ4v) is 2.97. The van der Waals surface area contributed by atoms with E-state index in [1.807, 2.05) is 6.08 Å². The number of carbonyl (C=O) groups is 1. The van der Waals surface area contributed by atoms with Crippen molar-refractivity contribution in [2.24, 2.45) is 5.41 Å². The first-order valence-corrected chi connectivity index (χ1v) is 6.32.